The van der Waals surface area contributed by atoms with Gasteiger partial charge >= 0.3 is 5.69 Å². The van der Waals surface area contributed by atoms with Crippen LogP contribution < -0.4 is 5.32 Å². The molecule has 2 aromatic rings. The summed E-state index contributed by atoms with van der Waals surface area (Å²) in [6.07, 6.45) is 4.68. The number of nitrogens with zero attached hydrogens (tertiary/aromatic N) is 2. The normalized spacial score (nSPS) is 15.2. The number of nitro groups is 1. The lowest BCUT2D eigenvalue weighted by atomic mass is 9.92. The number of aromatic nitrogens is 1. The summed E-state index contributed by atoms with van der Waals surface area (Å²) in [5.74, 6) is 0. The number of fused-ring (bicyclic) bond motifs is 1. The smallest absolute Gasteiger partial charge is 0.311 e. The Bertz CT molecular complexity index is 656. The summed E-state index contributed by atoms with van der Waals surface area (Å²) >= 11 is 2.21. The standard InChI is InChI=1S/C13H12IN3O2/c14-8-4-5-11-10(6-8)13(16-9-2-1-3-9)12(7-15-11)17(18)19/h4-7,9H,1-3H2,(H,15,16). The average Bonchev–Trinajstić information content (AvgIpc) is 2.33. The Kier molecular flexibility index (Phi) is 3.26. The third-order valence-electron chi connectivity index (χ3n) is 3.46. The number of hydrogen-bond donors (Lipinski definition) is 1. The summed E-state index contributed by atoms with van der Waals surface area (Å²) < 4.78 is 1.05. The zero-order valence-electron chi connectivity index (χ0n) is 10.1. The van der Waals surface area contributed by atoms with Crippen molar-refractivity contribution in [2.45, 2.75) is 25.3 Å². The van der Waals surface area contributed by atoms with E-state index < -0.39 is 0 Å². The van der Waals surface area contributed by atoms with Crippen LogP contribution in [0.25, 0.3) is 10.9 Å². The first kappa shape index (κ1) is 12.6. The largest absolute Gasteiger partial charge is 0.376 e. The van der Waals surface area contributed by atoms with Gasteiger partial charge in [-0.3, -0.25) is 10.1 Å². The van der Waals surface area contributed by atoms with Gasteiger partial charge in [-0.2, -0.15) is 0 Å². The maximum Gasteiger partial charge on any atom is 0.311 e. The Morgan fingerprint density at radius 2 is 2.21 bits per heavy atom. The minimum Gasteiger partial charge on any atom is -0.376 e. The Labute approximate surface area is 123 Å². The van der Waals surface area contributed by atoms with E-state index in [-0.39, 0.29) is 10.6 Å². The summed E-state index contributed by atoms with van der Waals surface area (Å²) in [6.45, 7) is 0. The highest BCUT2D eigenvalue weighted by Crippen LogP contribution is 2.35. The highest BCUT2D eigenvalue weighted by atomic mass is 127. The summed E-state index contributed by atoms with van der Waals surface area (Å²) in [7, 11) is 0. The van der Waals surface area contributed by atoms with E-state index >= 15 is 0 Å². The van der Waals surface area contributed by atoms with Gasteiger partial charge in [0.1, 0.15) is 11.9 Å². The molecule has 0 bridgehead atoms. The molecule has 1 aromatic heterocycles. The topological polar surface area (TPSA) is 68.1 Å². The summed E-state index contributed by atoms with van der Waals surface area (Å²) in [5.41, 5.74) is 1.45. The molecule has 0 amide bonds. The van der Waals surface area contributed by atoms with Crippen molar-refractivity contribution in [3.8, 4) is 0 Å². The van der Waals surface area contributed by atoms with Crippen molar-refractivity contribution in [2.24, 2.45) is 0 Å². The highest BCUT2D eigenvalue weighted by Gasteiger charge is 2.24. The van der Waals surface area contributed by atoms with E-state index in [9.17, 15) is 10.1 Å². The van der Waals surface area contributed by atoms with Gasteiger partial charge in [-0.1, -0.05) is 0 Å². The van der Waals surface area contributed by atoms with Gasteiger partial charge in [0, 0.05) is 15.0 Å². The summed E-state index contributed by atoms with van der Waals surface area (Å²) in [4.78, 5) is 15.0. The molecule has 1 aliphatic carbocycles. The van der Waals surface area contributed by atoms with Crippen molar-refractivity contribution in [3.05, 3.63) is 38.1 Å². The summed E-state index contributed by atoms with van der Waals surface area (Å²) in [5, 5.41) is 15.3. The molecule has 1 saturated carbocycles. The fourth-order valence-corrected chi connectivity index (χ4v) is 2.69. The van der Waals surface area contributed by atoms with Crippen molar-refractivity contribution >= 4 is 44.9 Å². The molecule has 0 aliphatic heterocycles. The number of hydrogen-bond acceptors (Lipinski definition) is 4. The van der Waals surface area contributed by atoms with Crippen molar-refractivity contribution in [2.75, 3.05) is 5.32 Å². The average molecular weight is 369 g/mol. The first-order chi connectivity index (χ1) is 9.15. The van der Waals surface area contributed by atoms with Crippen molar-refractivity contribution in [1.82, 2.24) is 4.98 Å². The monoisotopic (exact) mass is 369 g/mol. The number of rotatable bonds is 3. The number of anilines is 1. The minimum atomic E-state index is -0.368. The van der Waals surface area contributed by atoms with Gasteiger partial charge in [-0.05, 0) is 60.1 Å². The Hall–Kier alpha value is -1.44. The first-order valence-electron chi connectivity index (χ1n) is 6.14. The predicted octanol–water partition coefficient (Wildman–Crippen LogP) is 3.71. The van der Waals surface area contributed by atoms with Gasteiger partial charge in [-0.15, -0.1) is 0 Å². The molecule has 0 radical (unpaired) electrons. The van der Waals surface area contributed by atoms with Crippen LogP contribution in [0.3, 0.4) is 0 Å². The van der Waals surface area contributed by atoms with Crippen LogP contribution in [0.15, 0.2) is 24.4 Å². The molecule has 0 spiro atoms. The molecular weight excluding hydrogens is 357 g/mol. The SMILES string of the molecule is O=[N+]([O-])c1cnc2ccc(I)cc2c1NC1CCC1. The van der Waals surface area contributed by atoms with Crippen LogP contribution in [0.1, 0.15) is 19.3 Å². The van der Waals surface area contributed by atoms with E-state index in [1.807, 2.05) is 18.2 Å². The van der Waals surface area contributed by atoms with Crippen molar-refractivity contribution in [3.63, 3.8) is 0 Å². The first-order valence-corrected chi connectivity index (χ1v) is 7.22. The second-order valence-corrected chi connectivity index (χ2v) is 5.95. The Morgan fingerprint density at radius 3 is 2.84 bits per heavy atom. The van der Waals surface area contributed by atoms with Crippen LogP contribution >= 0.6 is 22.6 Å². The van der Waals surface area contributed by atoms with Gasteiger partial charge in [-0.25, -0.2) is 4.98 Å². The number of benzene rings is 1. The van der Waals surface area contributed by atoms with E-state index in [1.54, 1.807) is 0 Å². The molecule has 5 nitrogen and oxygen atoms in total. The molecule has 98 valence electrons. The zero-order chi connectivity index (χ0) is 13.4. The molecule has 3 rings (SSSR count). The summed E-state index contributed by atoms with van der Waals surface area (Å²) in [6, 6.07) is 6.14. The van der Waals surface area contributed by atoms with Crippen LogP contribution in [0.4, 0.5) is 11.4 Å². The van der Waals surface area contributed by atoms with E-state index in [2.05, 4.69) is 32.9 Å². The highest BCUT2D eigenvalue weighted by molar-refractivity contribution is 14.1. The third-order valence-corrected chi connectivity index (χ3v) is 4.13. The lowest BCUT2D eigenvalue weighted by Gasteiger charge is -2.27. The van der Waals surface area contributed by atoms with E-state index in [4.69, 9.17) is 0 Å². The van der Waals surface area contributed by atoms with Gasteiger partial charge < -0.3 is 5.32 Å². The predicted molar refractivity (Wildman–Crippen MR) is 82.4 cm³/mol. The molecule has 1 N–H and O–H groups in total. The van der Waals surface area contributed by atoms with Crippen molar-refractivity contribution < 1.29 is 4.92 Å². The molecule has 1 aromatic carbocycles. The Balaban J connectivity index is 2.17. The fraction of sp³-hybridized carbons (Fsp3) is 0.308. The van der Waals surface area contributed by atoms with E-state index in [1.165, 1.54) is 12.6 Å². The van der Waals surface area contributed by atoms with Crippen LogP contribution in [-0.2, 0) is 0 Å². The second-order valence-electron chi connectivity index (χ2n) is 4.71. The van der Waals surface area contributed by atoms with Gasteiger partial charge in [0.05, 0.1) is 10.4 Å². The molecular formula is C13H12IN3O2. The van der Waals surface area contributed by atoms with Crippen LogP contribution in [0.2, 0.25) is 0 Å². The maximum absolute atomic E-state index is 11.2. The van der Waals surface area contributed by atoms with Crippen LogP contribution in [0, 0.1) is 13.7 Å². The Morgan fingerprint density at radius 1 is 1.42 bits per heavy atom. The minimum absolute atomic E-state index is 0.0569. The molecule has 1 aliphatic rings. The number of halogens is 1. The molecule has 6 heteroatoms. The van der Waals surface area contributed by atoms with Crippen molar-refractivity contribution in [1.29, 1.82) is 0 Å². The third kappa shape index (κ3) is 2.36. The van der Waals surface area contributed by atoms with E-state index in [0.29, 0.717) is 11.7 Å². The lowest BCUT2D eigenvalue weighted by molar-refractivity contribution is -0.384. The number of pyridine rings is 1. The van der Waals surface area contributed by atoms with Gasteiger partial charge in [0.2, 0.25) is 0 Å². The fourth-order valence-electron chi connectivity index (χ4n) is 2.20. The second kappa shape index (κ2) is 4.92. The molecule has 1 fully saturated rings. The van der Waals surface area contributed by atoms with Gasteiger partial charge in [0.25, 0.3) is 0 Å². The van der Waals surface area contributed by atoms with E-state index in [0.717, 1.165) is 27.3 Å². The molecule has 0 unspecified atom stereocenters. The molecule has 0 atom stereocenters. The maximum atomic E-state index is 11.2. The quantitative estimate of drug-likeness (QED) is 0.509. The molecule has 19 heavy (non-hydrogen) atoms. The van der Waals surface area contributed by atoms with Crippen LogP contribution in [-0.4, -0.2) is 15.9 Å². The molecule has 1 heterocycles. The van der Waals surface area contributed by atoms with Crippen LogP contribution in [0.5, 0.6) is 0 Å². The van der Waals surface area contributed by atoms with Gasteiger partial charge in [0.15, 0.2) is 0 Å². The number of nitrogens with one attached hydrogen (secondary N) is 1. The molecule has 0 saturated heterocycles. The lowest BCUT2D eigenvalue weighted by Crippen LogP contribution is -2.27. The zero-order valence-corrected chi connectivity index (χ0v) is 12.3.